The summed E-state index contributed by atoms with van der Waals surface area (Å²) in [7, 11) is 0. The molecule has 2 aliphatic rings. The topological polar surface area (TPSA) is 9.23 Å². The highest BCUT2D eigenvalue weighted by atomic mass is 16.5. The van der Waals surface area contributed by atoms with Crippen LogP contribution in [0.3, 0.4) is 0 Å². The minimum absolute atomic E-state index is 0.220. The molecule has 2 atom stereocenters. The Hall–Kier alpha value is -0.0400. The zero-order valence-electron chi connectivity index (χ0n) is 9.07. The quantitative estimate of drug-likeness (QED) is 0.603. The van der Waals surface area contributed by atoms with Gasteiger partial charge < -0.3 is 4.74 Å². The second-order valence-corrected chi connectivity index (χ2v) is 5.02. The third-order valence-electron chi connectivity index (χ3n) is 4.61. The van der Waals surface area contributed by atoms with Crippen LogP contribution in [0.4, 0.5) is 0 Å². The summed E-state index contributed by atoms with van der Waals surface area (Å²) in [6, 6.07) is 0. The molecule has 0 amide bonds. The third-order valence-corrected chi connectivity index (χ3v) is 4.61. The second-order valence-electron chi connectivity index (χ2n) is 5.02. The largest absolute Gasteiger partial charge is 0.375 e. The molecular formula is C12H22O. The second kappa shape index (κ2) is 3.27. The molecule has 0 aromatic carbocycles. The predicted molar refractivity (Wildman–Crippen MR) is 54.8 cm³/mol. The Balaban J connectivity index is 2.25. The summed E-state index contributed by atoms with van der Waals surface area (Å²) in [6.07, 6.45) is 9.52. The van der Waals surface area contributed by atoms with Gasteiger partial charge in [0.25, 0.3) is 0 Å². The summed E-state index contributed by atoms with van der Waals surface area (Å²) in [5.74, 6) is 0. The van der Waals surface area contributed by atoms with E-state index in [0.29, 0.717) is 5.41 Å². The van der Waals surface area contributed by atoms with Crippen LogP contribution in [0.15, 0.2) is 0 Å². The van der Waals surface area contributed by atoms with E-state index in [9.17, 15) is 0 Å². The summed E-state index contributed by atoms with van der Waals surface area (Å²) in [5.41, 5.74) is 0.752. The number of ether oxygens (including phenoxy) is 1. The summed E-state index contributed by atoms with van der Waals surface area (Å²) in [4.78, 5) is 0. The first-order valence-electron chi connectivity index (χ1n) is 5.86. The van der Waals surface area contributed by atoms with Crippen molar-refractivity contribution in [3.8, 4) is 0 Å². The molecule has 1 heteroatoms. The van der Waals surface area contributed by atoms with Gasteiger partial charge in [0.05, 0.1) is 5.60 Å². The Morgan fingerprint density at radius 1 is 1.08 bits per heavy atom. The van der Waals surface area contributed by atoms with Crippen molar-refractivity contribution >= 4 is 0 Å². The maximum Gasteiger partial charge on any atom is 0.0711 e. The molecule has 1 saturated heterocycles. The van der Waals surface area contributed by atoms with Gasteiger partial charge >= 0.3 is 0 Å². The normalized spacial score (nSPS) is 45.7. The Bertz CT molecular complexity index is 190. The lowest BCUT2D eigenvalue weighted by Gasteiger charge is -2.40. The lowest BCUT2D eigenvalue weighted by molar-refractivity contribution is -0.0556. The van der Waals surface area contributed by atoms with Gasteiger partial charge in [0.15, 0.2) is 0 Å². The first kappa shape index (κ1) is 9.51. The maximum atomic E-state index is 6.02. The molecule has 1 saturated carbocycles. The van der Waals surface area contributed by atoms with Crippen molar-refractivity contribution < 1.29 is 4.74 Å². The molecule has 13 heavy (non-hydrogen) atoms. The van der Waals surface area contributed by atoms with E-state index in [-0.39, 0.29) is 5.60 Å². The van der Waals surface area contributed by atoms with Crippen LogP contribution in [0.25, 0.3) is 0 Å². The fraction of sp³-hybridized carbons (Fsp3) is 1.00. The van der Waals surface area contributed by atoms with Crippen molar-refractivity contribution in [3.63, 3.8) is 0 Å². The highest BCUT2D eigenvalue weighted by molar-refractivity contribution is 5.01. The van der Waals surface area contributed by atoms with Crippen LogP contribution >= 0.6 is 0 Å². The van der Waals surface area contributed by atoms with E-state index >= 15 is 0 Å². The van der Waals surface area contributed by atoms with Crippen LogP contribution in [0.2, 0.25) is 0 Å². The van der Waals surface area contributed by atoms with Crippen molar-refractivity contribution in [2.24, 2.45) is 5.41 Å². The zero-order chi connectivity index (χ0) is 9.36. The van der Waals surface area contributed by atoms with Gasteiger partial charge in [-0.05, 0) is 32.6 Å². The average Bonchev–Trinajstić information content (AvgIpc) is 2.36. The summed E-state index contributed by atoms with van der Waals surface area (Å²) in [5, 5.41) is 0. The average molecular weight is 182 g/mol. The first-order chi connectivity index (χ1) is 6.22. The molecule has 1 aliphatic carbocycles. The molecule has 1 aliphatic heterocycles. The van der Waals surface area contributed by atoms with E-state index in [1.54, 1.807) is 0 Å². The van der Waals surface area contributed by atoms with Gasteiger partial charge in [-0.1, -0.05) is 26.2 Å². The Kier molecular flexibility index (Phi) is 2.39. The number of hydrogen-bond acceptors (Lipinski definition) is 1. The molecule has 0 N–H and O–H groups in total. The molecule has 2 rings (SSSR count). The van der Waals surface area contributed by atoms with E-state index in [1.165, 1.54) is 44.9 Å². The van der Waals surface area contributed by atoms with Gasteiger partial charge in [0.1, 0.15) is 0 Å². The molecule has 0 aromatic rings. The van der Waals surface area contributed by atoms with Crippen LogP contribution in [0.1, 0.15) is 58.8 Å². The summed E-state index contributed by atoms with van der Waals surface area (Å²) in [6.45, 7) is 5.71. The molecule has 0 radical (unpaired) electrons. The van der Waals surface area contributed by atoms with E-state index in [0.717, 1.165) is 6.61 Å². The number of fused-ring (bicyclic) bond motifs is 1. The van der Waals surface area contributed by atoms with Crippen LogP contribution in [-0.4, -0.2) is 12.2 Å². The van der Waals surface area contributed by atoms with Crippen molar-refractivity contribution in [3.05, 3.63) is 0 Å². The van der Waals surface area contributed by atoms with Gasteiger partial charge in [0.2, 0.25) is 0 Å². The predicted octanol–water partition coefficient (Wildman–Crippen LogP) is 3.53. The number of hydrogen-bond donors (Lipinski definition) is 0. The van der Waals surface area contributed by atoms with Crippen molar-refractivity contribution in [1.29, 1.82) is 0 Å². The summed E-state index contributed by atoms with van der Waals surface area (Å²) < 4.78 is 6.02. The van der Waals surface area contributed by atoms with Crippen LogP contribution in [0.5, 0.6) is 0 Å². The van der Waals surface area contributed by atoms with Gasteiger partial charge in [-0.25, -0.2) is 0 Å². The standard InChI is InChI=1S/C12H22O/c1-3-12-8-6-4-5-7-11(12,2)13-10-9-12/h3-10H2,1-2H3. The van der Waals surface area contributed by atoms with Gasteiger partial charge in [-0.15, -0.1) is 0 Å². The highest BCUT2D eigenvalue weighted by Gasteiger charge is 2.51. The van der Waals surface area contributed by atoms with Crippen LogP contribution < -0.4 is 0 Å². The first-order valence-corrected chi connectivity index (χ1v) is 5.86. The Labute approximate surface area is 81.9 Å². The molecular weight excluding hydrogens is 160 g/mol. The van der Waals surface area contributed by atoms with Crippen molar-refractivity contribution in [2.45, 2.75) is 64.4 Å². The van der Waals surface area contributed by atoms with Crippen molar-refractivity contribution in [1.82, 2.24) is 0 Å². The molecule has 0 aromatic heterocycles. The van der Waals surface area contributed by atoms with Gasteiger partial charge in [0, 0.05) is 12.0 Å². The molecule has 76 valence electrons. The zero-order valence-corrected chi connectivity index (χ0v) is 9.07. The maximum absolute atomic E-state index is 6.02. The Morgan fingerprint density at radius 3 is 2.62 bits per heavy atom. The molecule has 2 unspecified atom stereocenters. The SMILES string of the molecule is CCC12CCCCCC1(C)OCC2. The highest BCUT2D eigenvalue weighted by Crippen LogP contribution is 2.53. The molecule has 0 spiro atoms. The molecule has 1 heterocycles. The van der Waals surface area contributed by atoms with E-state index in [4.69, 9.17) is 4.74 Å². The van der Waals surface area contributed by atoms with Crippen LogP contribution in [0, 0.1) is 5.41 Å². The van der Waals surface area contributed by atoms with Gasteiger partial charge in [-0.2, -0.15) is 0 Å². The van der Waals surface area contributed by atoms with Gasteiger partial charge in [-0.3, -0.25) is 0 Å². The van der Waals surface area contributed by atoms with E-state index in [1.807, 2.05) is 0 Å². The minimum Gasteiger partial charge on any atom is -0.375 e. The van der Waals surface area contributed by atoms with E-state index in [2.05, 4.69) is 13.8 Å². The summed E-state index contributed by atoms with van der Waals surface area (Å²) >= 11 is 0. The fourth-order valence-electron chi connectivity index (χ4n) is 3.45. The van der Waals surface area contributed by atoms with E-state index < -0.39 is 0 Å². The lowest BCUT2D eigenvalue weighted by atomic mass is 9.67. The lowest BCUT2D eigenvalue weighted by Crippen LogP contribution is -2.41. The Morgan fingerprint density at radius 2 is 1.85 bits per heavy atom. The number of rotatable bonds is 1. The minimum atomic E-state index is 0.220. The fourth-order valence-corrected chi connectivity index (χ4v) is 3.45. The smallest absolute Gasteiger partial charge is 0.0711 e. The monoisotopic (exact) mass is 182 g/mol. The molecule has 0 bridgehead atoms. The third kappa shape index (κ3) is 1.32. The molecule has 2 fully saturated rings. The van der Waals surface area contributed by atoms with Crippen LogP contribution in [-0.2, 0) is 4.74 Å². The molecule has 1 nitrogen and oxygen atoms in total. The van der Waals surface area contributed by atoms with Crippen molar-refractivity contribution in [2.75, 3.05) is 6.61 Å².